The van der Waals surface area contributed by atoms with Crippen LogP contribution in [0.4, 0.5) is 0 Å². The van der Waals surface area contributed by atoms with E-state index >= 15 is 0 Å². The summed E-state index contributed by atoms with van der Waals surface area (Å²) in [6, 6.07) is 24.8. The van der Waals surface area contributed by atoms with Gasteiger partial charge in [0.05, 0.1) is 0 Å². The fourth-order valence-electron chi connectivity index (χ4n) is 2.99. The zero-order valence-electron chi connectivity index (χ0n) is 16.1. The van der Waals surface area contributed by atoms with Gasteiger partial charge < -0.3 is 24.8 Å². The van der Waals surface area contributed by atoms with Crippen LogP contribution in [0.5, 0.6) is 0 Å². The summed E-state index contributed by atoms with van der Waals surface area (Å²) in [4.78, 5) is 0. The molecule has 3 aromatic rings. The Morgan fingerprint density at radius 1 is 0.852 bits per heavy atom. The van der Waals surface area contributed by atoms with Crippen molar-refractivity contribution in [2.45, 2.75) is 33.1 Å². The van der Waals surface area contributed by atoms with Crippen LogP contribution < -0.4 is 24.8 Å². The number of halogens is 2. The Morgan fingerprint density at radius 2 is 1.41 bits per heavy atom. The van der Waals surface area contributed by atoms with Crippen LogP contribution in [0.15, 0.2) is 73.8 Å². The minimum absolute atomic E-state index is 0. The summed E-state index contributed by atoms with van der Waals surface area (Å²) < 4.78 is 0. The van der Waals surface area contributed by atoms with Gasteiger partial charge in [-0.05, 0) is 6.42 Å². The molecule has 0 saturated heterocycles. The second kappa shape index (κ2) is 15.0. The largest absolute Gasteiger partial charge is 4.00 e. The first kappa shape index (κ1) is 28.2. The first-order valence-corrected chi connectivity index (χ1v) is 8.64. The van der Waals surface area contributed by atoms with E-state index in [-0.39, 0.29) is 51.0 Å². The van der Waals surface area contributed by atoms with Crippen molar-refractivity contribution in [3.05, 3.63) is 102 Å². The molecule has 0 aliphatic heterocycles. The number of hydrogen-bond donors (Lipinski definition) is 0. The molecule has 0 amide bonds. The molecule has 0 fully saturated rings. The molecule has 0 saturated carbocycles. The van der Waals surface area contributed by atoms with Crippen molar-refractivity contribution in [1.82, 2.24) is 0 Å². The van der Waals surface area contributed by atoms with E-state index in [1.165, 1.54) is 46.2 Å². The third-order valence-corrected chi connectivity index (χ3v) is 4.32. The Balaban J connectivity index is 0. The van der Waals surface area contributed by atoms with E-state index in [0.29, 0.717) is 0 Å². The molecule has 140 valence electrons. The van der Waals surface area contributed by atoms with Crippen LogP contribution in [-0.4, -0.2) is 0 Å². The van der Waals surface area contributed by atoms with Gasteiger partial charge in [0.25, 0.3) is 0 Å². The van der Waals surface area contributed by atoms with Gasteiger partial charge in [-0.2, -0.15) is 47.0 Å². The molecule has 0 N–H and O–H groups in total. The molecular formula is C24H26Cl2Zr. The van der Waals surface area contributed by atoms with E-state index in [2.05, 4.69) is 87.7 Å². The van der Waals surface area contributed by atoms with Gasteiger partial charge >= 0.3 is 26.2 Å². The molecule has 0 spiro atoms. The van der Waals surface area contributed by atoms with E-state index in [9.17, 15) is 0 Å². The minimum Gasteiger partial charge on any atom is -1.00 e. The third kappa shape index (κ3) is 7.49. The Morgan fingerprint density at radius 3 is 1.96 bits per heavy atom. The number of rotatable bonds is 2. The Hall–Kier alpha value is -1.01. The first-order chi connectivity index (χ1) is 11.8. The molecule has 0 atom stereocenters. The molecule has 0 aromatic heterocycles. The van der Waals surface area contributed by atoms with Gasteiger partial charge in [-0.1, -0.05) is 62.1 Å². The van der Waals surface area contributed by atoms with Gasteiger partial charge in [0, 0.05) is 0 Å². The van der Waals surface area contributed by atoms with Crippen LogP contribution in [0.1, 0.15) is 36.1 Å². The molecule has 0 nitrogen and oxygen atoms in total. The summed E-state index contributed by atoms with van der Waals surface area (Å²) in [6.45, 7) is 10.4. The standard InChI is InChI=1S/C13H9.C9H13.C2H4.2ClH.Zr/c1-3-7-12-10(5-1)9-11-6-2-4-8-13(11)12;1-3-8-5-6-9(4-2)7-8;1-2;;;/h1-5,7-8H,9H2;5-7H,3-4H2,1-2H3;1-2H2;2*1H;/q2*-1;;;;+4/p-2. The van der Waals surface area contributed by atoms with Crippen LogP contribution in [0.3, 0.4) is 0 Å². The molecule has 3 heteroatoms. The Labute approximate surface area is 196 Å². The van der Waals surface area contributed by atoms with Crippen LogP contribution >= 0.6 is 0 Å². The predicted octanol–water partition coefficient (Wildman–Crippen LogP) is 0.396. The Kier molecular flexibility index (Phi) is 15.6. The fraction of sp³-hybridized carbons (Fsp3) is 0.208. The van der Waals surface area contributed by atoms with Crippen LogP contribution in [0, 0.1) is 6.07 Å². The first-order valence-electron chi connectivity index (χ1n) is 8.64. The van der Waals surface area contributed by atoms with Crippen LogP contribution in [0.2, 0.25) is 0 Å². The molecule has 0 unspecified atom stereocenters. The second-order valence-corrected chi connectivity index (χ2v) is 5.73. The van der Waals surface area contributed by atoms with E-state index in [1.807, 2.05) is 6.07 Å². The number of benzene rings is 2. The minimum atomic E-state index is 0. The molecule has 0 heterocycles. The van der Waals surface area contributed by atoms with Crippen molar-refractivity contribution < 1.29 is 51.0 Å². The second-order valence-electron chi connectivity index (χ2n) is 5.73. The number of hydrogen-bond acceptors (Lipinski definition) is 0. The SMILES string of the molecule is C=C.CCc1ccc(CC)[cH-]1.[Cl-].[Cl-].[Zr+4].[c-]1cccc2c1Cc1ccccc1-2. The molecule has 1 aliphatic carbocycles. The molecule has 1 aliphatic rings. The van der Waals surface area contributed by atoms with E-state index in [0.717, 1.165) is 6.42 Å². The average molecular weight is 477 g/mol. The summed E-state index contributed by atoms with van der Waals surface area (Å²) in [5.74, 6) is 0. The van der Waals surface area contributed by atoms with Crippen molar-refractivity contribution in [2.24, 2.45) is 0 Å². The summed E-state index contributed by atoms with van der Waals surface area (Å²) in [7, 11) is 0. The smallest absolute Gasteiger partial charge is 1.00 e. The van der Waals surface area contributed by atoms with Gasteiger partial charge in [-0.3, -0.25) is 0 Å². The van der Waals surface area contributed by atoms with Gasteiger partial charge in [-0.25, -0.2) is 12.1 Å². The number of aryl methyl sites for hydroxylation is 2. The van der Waals surface area contributed by atoms with Gasteiger partial charge in [0.1, 0.15) is 0 Å². The summed E-state index contributed by atoms with van der Waals surface area (Å²) >= 11 is 0. The van der Waals surface area contributed by atoms with Crippen LogP contribution in [-0.2, 0) is 45.5 Å². The average Bonchev–Trinajstić information content (AvgIpc) is 3.28. The van der Waals surface area contributed by atoms with E-state index in [1.54, 1.807) is 0 Å². The van der Waals surface area contributed by atoms with Gasteiger partial charge in [0.2, 0.25) is 0 Å². The maximum atomic E-state index is 3.30. The molecule has 27 heavy (non-hydrogen) atoms. The fourth-order valence-corrected chi connectivity index (χ4v) is 2.99. The maximum absolute atomic E-state index is 3.30. The van der Waals surface area contributed by atoms with E-state index < -0.39 is 0 Å². The van der Waals surface area contributed by atoms with Gasteiger partial charge in [0.15, 0.2) is 0 Å². The van der Waals surface area contributed by atoms with E-state index in [4.69, 9.17) is 0 Å². The molecular weight excluding hydrogens is 450 g/mol. The summed E-state index contributed by atoms with van der Waals surface area (Å²) in [6.07, 6.45) is 3.38. The van der Waals surface area contributed by atoms with Crippen molar-refractivity contribution in [3.8, 4) is 11.1 Å². The summed E-state index contributed by atoms with van der Waals surface area (Å²) in [5, 5.41) is 0. The number of fused-ring (bicyclic) bond motifs is 3. The van der Waals surface area contributed by atoms with Crippen molar-refractivity contribution >= 4 is 0 Å². The third-order valence-electron chi connectivity index (χ3n) is 4.32. The topological polar surface area (TPSA) is 0 Å². The Bertz CT molecular complexity index is 715. The van der Waals surface area contributed by atoms with Crippen molar-refractivity contribution in [2.75, 3.05) is 0 Å². The molecule has 0 bridgehead atoms. The molecule has 4 rings (SSSR count). The molecule has 0 radical (unpaired) electrons. The normalized spacial score (nSPS) is 9.41. The zero-order chi connectivity index (χ0) is 17.4. The van der Waals surface area contributed by atoms with Crippen molar-refractivity contribution in [1.29, 1.82) is 0 Å². The molecule has 3 aromatic carbocycles. The predicted molar refractivity (Wildman–Crippen MR) is 106 cm³/mol. The maximum Gasteiger partial charge on any atom is 4.00 e. The monoisotopic (exact) mass is 474 g/mol. The summed E-state index contributed by atoms with van der Waals surface area (Å²) in [5.41, 5.74) is 8.44. The van der Waals surface area contributed by atoms with Crippen molar-refractivity contribution in [3.63, 3.8) is 0 Å². The van der Waals surface area contributed by atoms with Gasteiger partial charge in [-0.15, -0.1) is 18.7 Å². The van der Waals surface area contributed by atoms with Crippen LogP contribution in [0.25, 0.3) is 11.1 Å². The zero-order valence-corrected chi connectivity index (χ0v) is 20.0. The quantitative estimate of drug-likeness (QED) is 0.290.